The molecule has 0 aliphatic heterocycles. The van der Waals surface area contributed by atoms with Crippen LogP contribution >= 0.6 is 0 Å². The fraction of sp³-hybridized carbons (Fsp3) is 0.263. The summed E-state index contributed by atoms with van der Waals surface area (Å²) in [6, 6.07) is 13.4. The fourth-order valence-electron chi connectivity index (χ4n) is 2.67. The summed E-state index contributed by atoms with van der Waals surface area (Å²) in [7, 11) is 1.82. The Labute approximate surface area is 146 Å². The van der Waals surface area contributed by atoms with Gasteiger partial charge in [0.1, 0.15) is 17.6 Å². The van der Waals surface area contributed by atoms with E-state index in [0.29, 0.717) is 17.7 Å². The van der Waals surface area contributed by atoms with Gasteiger partial charge in [0.05, 0.1) is 24.0 Å². The number of nitrogens with zero attached hydrogens (tertiary/aromatic N) is 2. The molecule has 1 aromatic carbocycles. The maximum Gasteiger partial charge on any atom is 0.254 e. The van der Waals surface area contributed by atoms with Crippen molar-refractivity contribution in [3.63, 3.8) is 0 Å². The summed E-state index contributed by atoms with van der Waals surface area (Å²) in [4.78, 5) is 12.5. The van der Waals surface area contributed by atoms with Crippen LogP contribution < -0.4 is 5.32 Å². The Bertz CT molecular complexity index is 852. The zero-order valence-electron chi connectivity index (χ0n) is 14.3. The molecule has 0 fully saturated rings. The van der Waals surface area contributed by atoms with Gasteiger partial charge in [-0.15, -0.1) is 0 Å². The van der Waals surface area contributed by atoms with E-state index in [2.05, 4.69) is 10.4 Å². The van der Waals surface area contributed by atoms with Crippen LogP contribution in [-0.2, 0) is 13.5 Å². The smallest absolute Gasteiger partial charge is 0.254 e. The monoisotopic (exact) mass is 339 g/mol. The average Bonchev–Trinajstić information content (AvgIpc) is 3.20. The van der Waals surface area contributed by atoms with Crippen LogP contribution in [0.3, 0.4) is 0 Å². The van der Waals surface area contributed by atoms with Gasteiger partial charge in [-0.1, -0.05) is 30.3 Å². The van der Waals surface area contributed by atoms with Crippen LogP contribution in [0.2, 0.25) is 0 Å². The largest absolute Gasteiger partial charge is 0.464 e. The quantitative estimate of drug-likeness (QED) is 0.722. The Balaban J connectivity index is 1.68. The van der Waals surface area contributed by atoms with Gasteiger partial charge in [-0.05, 0) is 24.6 Å². The zero-order valence-corrected chi connectivity index (χ0v) is 14.3. The summed E-state index contributed by atoms with van der Waals surface area (Å²) in [5.41, 5.74) is 2.44. The predicted octanol–water partition coefficient (Wildman–Crippen LogP) is 2.38. The van der Waals surface area contributed by atoms with Crippen molar-refractivity contribution < 1.29 is 14.3 Å². The number of aromatic nitrogens is 2. The van der Waals surface area contributed by atoms with Crippen molar-refractivity contribution in [1.82, 2.24) is 15.1 Å². The SMILES string of the molecule is Cc1ccc(C(O)CNC(=O)c2cnn(C)c2Cc2ccccc2)o1. The third-order valence-corrected chi connectivity index (χ3v) is 4.07. The van der Waals surface area contributed by atoms with Crippen molar-refractivity contribution in [3.8, 4) is 0 Å². The molecule has 1 unspecified atom stereocenters. The molecule has 3 rings (SSSR count). The lowest BCUT2D eigenvalue weighted by Crippen LogP contribution is -2.29. The van der Waals surface area contributed by atoms with Crippen LogP contribution in [0.15, 0.2) is 53.1 Å². The van der Waals surface area contributed by atoms with E-state index in [0.717, 1.165) is 17.0 Å². The van der Waals surface area contributed by atoms with E-state index < -0.39 is 6.10 Å². The van der Waals surface area contributed by atoms with E-state index in [-0.39, 0.29) is 12.5 Å². The first-order valence-corrected chi connectivity index (χ1v) is 8.12. The highest BCUT2D eigenvalue weighted by Gasteiger charge is 2.18. The summed E-state index contributed by atoms with van der Waals surface area (Å²) in [6.45, 7) is 1.88. The molecule has 2 aromatic heterocycles. The summed E-state index contributed by atoms with van der Waals surface area (Å²) in [6.07, 6.45) is 1.28. The number of nitrogens with one attached hydrogen (secondary N) is 1. The molecule has 130 valence electrons. The Kier molecular flexibility index (Phi) is 5.00. The standard InChI is InChI=1S/C19H21N3O3/c1-13-8-9-18(25-13)17(23)12-20-19(24)15-11-21-22(2)16(15)10-14-6-4-3-5-7-14/h3-9,11,17,23H,10,12H2,1-2H3,(H,20,24). The number of benzene rings is 1. The third kappa shape index (κ3) is 3.97. The number of hydrogen-bond acceptors (Lipinski definition) is 4. The molecule has 2 N–H and O–H groups in total. The van der Waals surface area contributed by atoms with E-state index in [4.69, 9.17) is 4.42 Å². The van der Waals surface area contributed by atoms with Gasteiger partial charge < -0.3 is 14.8 Å². The zero-order chi connectivity index (χ0) is 17.8. The van der Waals surface area contributed by atoms with Crippen molar-refractivity contribution >= 4 is 5.91 Å². The Hall–Kier alpha value is -2.86. The molecule has 2 heterocycles. The topological polar surface area (TPSA) is 80.3 Å². The highest BCUT2D eigenvalue weighted by Crippen LogP contribution is 2.17. The van der Waals surface area contributed by atoms with E-state index in [9.17, 15) is 9.90 Å². The first kappa shape index (κ1) is 17.0. The number of furan rings is 1. The van der Waals surface area contributed by atoms with Crippen LogP contribution in [0, 0.1) is 6.92 Å². The fourth-order valence-corrected chi connectivity index (χ4v) is 2.67. The number of hydrogen-bond donors (Lipinski definition) is 2. The van der Waals surface area contributed by atoms with Crippen LogP contribution in [0.4, 0.5) is 0 Å². The molecule has 6 heteroatoms. The van der Waals surface area contributed by atoms with E-state index >= 15 is 0 Å². The molecule has 6 nitrogen and oxygen atoms in total. The van der Waals surface area contributed by atoms with Gasteiger partial charge in [0.2, 0.25) is 0 Å². The van der Waals surface area contributed by atoms with Gasteiger partial charge in [0.25, 0.3) is 5.91 Å². The molecule has 1 amide bonds. The molecular formula is C19H21N3O3. The maximum absolute atomic E-state index is 12.5. The van der Waals surface area contributed by atoms with Crippen LogP contribution in [0.25, 0.3) is 0 Å². The van der Waals surface area contributed by atoms with Crippen molar-refractivity contribution in [2.75, 3.05) is 6.54 Å². The van der Waals surface area contributed by atoms with Gasteiger partial charge in [0, 0.05) is 13.5 Å². The average molecular weight is 339 g/mol. The second-order valence-electron chi connectivity index (χ2n) is 5.97. The van der Waals surface area contributed by atoms with Crippen LogP contribution in [-0.4, -0.2) is 27.3 Å². The molecule has 1 atom stereocenters. The van der Waals surface area contributed by atoms with E-state index in [1.54, 1.807) is 29.9 Å². The van der Waals surface area contributed by atoms with Crippen molar-refractivity contribution in [2.24, 2.45) is 7.05 Å². The highest BCUT2D eigenvalue weighted by atomic mass is 16.4. The van der Waals surface area contributed by atoms with Gasteiger partial charge in [-0.25, -0.2) is 0 Å². The number of aryl methyl sites for hydroxylation is 2. The van der Waals surface area contributed by atoms with Crippen molar-refractivity contribution in [3.05, 3.63) is 77.0 Å². The molecule has 0 aliphatic carbocycles. The third-order valence-electron chi connectivity index (χ3n) is 4.07. The summed E-state index contributed by atoms with van der Waals surface area (Å²) < 4.78 is 7.07. The number of rotatable bonds is 6. The first-order chi connectivity index (χ1) is 12.0. The molecule has 25 heavy (non-hydrogen) atoms. The number of aliphatic hydroxyl groups excluding tert-OH is 1. The van der Waals surface area contributed by atoms with Gasteiger partial charge in [0.15, 0.2) is 0 Å². The van der Waals surface area contributed by atoms with Crippen LogP contribution in [0.5, 0.6) is 0 Å². The number of carbonyl (C=O) groups is 1. The molecular weight excluding hydrogens is 318 g/mol. The Morgan fingerprint density at radius 3 is 2.72 bits per heavy atom. The highest BCUT2D eigenvalue weighted by molar-refractivity contribution is 5.95. The normalized spacial score (nSPS) is 12.1. The lowest BCUT2D eigenvalue weighted by Gasteiger charge is -2.10. The molecule has 0 aliphatic rings. The van der Waals surface area contributed by atoms with E-state index in [1.165, 1.54) is 0 Å². The van der Waals surface area contributed by atoms with Crippen LogP contribution in [0.1, 0.15) is 39.2 Å². The molecule has 0 saturated heterocycles. The lowest BCUT2D eigenvalue weighted by molar-refractivity contribution is 0.0899. The molecule has 0 radical (unpaired) electrons. The first-order valence-electron chi connectivity index (χ1n) is 8.12. The predicted molar refractivity (Wildman–Crippen MR) is 93.2 cm³/mol. The number of amides is 1. The van der Waals surface area contributed by atoms with Gasteiger partial charge >= 0.3 is 0 Å². The summed E-state index contributed by atoms with van der Waals surface area (Å²) in [5, 5.41) is 17.1. The molecule has 3 aromatic rings. The van der Waals surface area contributed by atoms with Gasteiger partial charge in [-0.3, -0.25) is 9.48 Å². The van der Waals surface area contributed by atoms with Gasteiger partial charge in [-0.2, -0.15) is 5.10 Å². The molecule has 0 spiro atoms. The minimum atomic E-state index is -0.883. The van der Waals surface area contributed by atoms with Crippen molar-refractivity contribution in [2.45, 2.75) is 19.4 Å². The minimum absolute atomic E-state index is 0.0749. The number of aliphatic hydroxyl groups is 1. The lowest BCUT2D eigenvalue weighted by atomic mass is 10.1. The van der Waals surface area contributed by atoms with Crippen molar-refractivity contribution in [1.29, 1.82) is 0 Å². The molecule has 0 saturated carbocycles. The maximum atomic E-state index is 12.5. The Morgan fingerprint density at radius 2 is 2.04 bits per heavy atom. The molecule has 0 bridgehead atoms. The van der Waals surface area contributed by atoms with E-state index in [1.807, 2.05) is 37.4 Å². The summed E-state index contributed by atoms with van der Waals surface area (Å²) >= 11 is 0. The Morgan fingerprint density at radius 1 is 1.28 bits per heavy atom. The summed E-state index contributed by atoms with van der Waals surface area (Å²) in [5.74, 6) is 0.896. The second kappa shape index (κ2) is 7.36. The second-order valence-corrected chi connectivity index (χ2v) is 5.97. The number of carbonyl (C=O) groups excluding carboxylic acids is 1. The minimum Gasteiger partial charge on any atom is -0.464 e.